The predicted molar refractivity (Wildman–Crippen MR) is 68.3 cm³/mol. The molecule has 0 aromatic carbocycles. The Hall–Kier alpha value is -2.85. The van der Waals surface area contributed by atoms with Gasteiger partial charge in [0.05, 0.1) is 0 Å². The van der Waals surface area contributed by atoms with Crippen molar-refractivity contribution >= 4 is 23.3 Å². The van der Waals surface area contributed by atoms with Gasteiger partial charge >= 0.3 is 65.3 Å². The van der Waals surface area contributed by atoms with Crippen molar-refractivity contribution in [2.75, 3.05) is 0 Å². The third kappa shape index (κ3) is 4.54. The molecule has 0 rings (SSSR count). The summed E-state index contributed by atoms with van der Waals surface area (Å²) in [7, 11) is 0. The molecule has 0 unspecified atom stereocenters. The van der Waals surface area contributed by atoms with Crippen LogP contribution in [-0.2, 0) is 19.2 Å². The molecule has 0 fully saturated rings. The van der Waals surface area contributed by atoms with E-state index in [0.717, 1.165) is 0 Å². The molecule has 0 aliphatic rings. The molecule has 0 aliphatic heterocycles. The lowest BCUT2D eigenvalue weighted by molar-refractivity contribution is -0.354. The molecule has 0 spiro atoms. The second-order valence-corrected chi connectivity index (χ2v) is 6.39. The molecular formula is C13HF19O5. The van der Waals surface area contributed by atoms with E-state index in [-0.39, 0.29) is 0 Å². The molecule has 0 atom stereocenters. The fourth-order valence-electron chi connectivity index (χ4n) is 1.81. The van der Waals surface area contributed by atoms with Crippen LogP contribution in [0, 0.1) is 0 Å². The van der Waals surface area contributed by atoms with Crippen molar-refractivity contribution in [1.29, 1.82) is 0 Å². The molecule has 37 heavy (non-hydrogen) atoms. The third-order valence-electron chi connectivity index (χ3n) is 3.92. The van der Waals surface area contributed by atoms with Crippen LogP contribution in [0.5, 0.6) is 0 Å². The molecule has 0 aromatic rings. The summed E-state index contributed by atoms with van der Waals surface area (Å²) in [6.45, 7) is 0. The highest BCUT2D eigenvalue weighted by molar-refractivity contribution is 6.06. The average molecular weight is 598 g/mol. The quantitative estimate of drug-likeness (QED) is 0.356. The van der Waals surface area contributed by atoms with Gasteiger partial charge in [0.2, 0.25) is 0 Å². The van der Waals surface area contributed by atoms with Crippen LogP contribution in [0.15, 0.2) is 0 Å². The molecule has 1 N–H and O–H groups in total. The van der Waals surface area contributed by atoms with Gasteiger partial charge in [0, 0.05) is 0 Å². The largest absolute Gasteiger partial charge is 0.477 e. The van der Waals surface area contributed by atoms with Crippen molar-refractivity contribution in [2.24, 2.45) is 0 Å². The van der Waals surface area contributed by atoms with Crippen molar-refractivity contribution in [3.8, 4) is 0 Å². The summed E-state index contributed by atoms with van der Waals surface area (Å²) in [4.78, 5) is 41.9. The Bertz CT molecular complexity index is 975. The normalized spacial score (nSPS) is 15.4. The van der Waals surface area contributed by atoms with Gasteiger partial charge in [-0.2, -0.15) is 83.4 Å². The number of carboxylic acid groups (broad SMARTS) is 1. The highest BCUT2D eigenvalue weighted by Gasteiger charge is 2.89. The highest BCUT2D eigenvalue weighted by atomic mass is 19.4. The van der Waals surface area contributed by atoms with Crippen LogP contribution in [0.2, 0.25) is 0 Å². The second kappa shape index (κ2) is 8.59. The molecule has 0 saturated carbocycles. The Morgan fingerprint density at radius 2 is 0.568 bits per heavy atom. The number of Topliss-reactive ketones (excluding diaryl/α,β-unsaturated/α-hetero) is 3. The maximum atomic E-state index is 13.5. The van der Waals surface area contributed by atoms with Crippen LogP contribution >= 0.6 is 0 Å². The lowest BCUT2D eigenvalue weighted by atomic mass is 9.88. The Kier molecular flexibility index (Phi) is 7.93. The van der Waals surface area contributed by atoms with E-state index in [1.807, 2.05) is 0 Å². The first-order valence-electron chi connectivity index (χ1n) is 7.63. The summed E-state index contributed by atoms with van der Waals surface area (Å²) in [6, 6.07) is 0. The molecule has 0 heterocycles. The maximum absolute atomic E-state index is 13.5. The first kappa shape index (κ1) is 34.1. The van der Waals surface area contributed by atoms with Crippen molar-refractivity contribution in [3.63, 3.8) is 0 Å². The van der Waals surface area contributed by atoms with E-state index >= 15 is 0 Å². The minimum absolute atomic E-state index is 4.43. The summed E-state index contributed by atoms with van der Waals surface area (Å²) >= 11 is 0. The number of hydrogen-bond donors (Lipinski definition) is 1. The molecule has 0 aliphatic carbocycles. The first-order valence-corrected chi connectivity index (χ1v) is 7.63. The minimum Gasteiger partial charge on any atom is -0.477 e. The molecule has 24 heteroatoms. The summed E-state index contributed by atoms with van der Waals surface area (Å²) in [6.07, 6.45) is -7.16. The Morgan fingerprint density at radius 3 is 0.811 bits per heavy atom. The molecule has 5 nitrogen and oxygen atoms in total. The van der Waals surface area contributed by atoms with E-state index in [0.29, 0.717) is 0 Å². The predicted octanol–water partition coefficient (Wildman–Crippen LogP) is 4.42. The Balaban J connectivity index is 6.85. The fraction of sp³-hybridized carbons (Fsp3) is 0.692. The van der Waals surface area contributed by atoms with Crippen molar-refractivity contribution in [2.45, 2.75) is 53.6 Å². The standard InChI is InChI=1S/C13HF19O5/c14-5(15,1(33)6(16,17)8(20,21)3(35)11(26,27)28)7(18,19)2(34)9(22,23)12(29,30)13(31,32)10(24,25)4(36)37/h(H,36,37). The number of carboxylic acids is 1. The summed E-state index contributed by atoms with van der Waals surface area (Å²) in [5.41, 5.74) is 0. The Labute approximate surface area is 186 Å². The van der Waals surface area contributed by atoms with Gasteiger partial charge in [0.1, 0.15) is 0 Å². The molecule has 0 saturated heterocycles. The van der Waals surface area contributed by atoms with Gasteiger partial charge in [-0.25, -0.2) is 4.79 Å². The maximum Gasteiger partial charge on any atom is 0.456 e. The number of ketones is 3. The monoisotopic (exact) mass is 598 g/mol. The SMILES string of the molecule is O=C(C(F)(F)F)C(F)(F)C(F)(F)C(=O)C(F)(F)C(F)(F)C(=O)C(F)(F)C(F)(F)C(F)(F)C(F)(F)C(=O)O. The molecule has 0 bridgehead atoms. The number of alkyl halides is 19. The zero-order valence-corrected chi connectivity index (χ0v) is 15.8. The number of aliphatic carboxylic acids is 1. The lowest BCUT2D eigenvalue weighted by Gasteiger charge is -2.36. The van der Waals surface area contributed by atoms with Gasteiger partial charge < -0.3 is 5.11 Å². The van der Waals surface area contributed by atoms with Crippen LogP contribution in [0.4, 0.5) is 83.4 Å². The van der Waals surface area contributed by atoms with Gasteiger partial charge in [-0.3, -0.25) is 14.4 Å². The van der Waals surface area contributed by atoms with E-state index in [9.17, 15) is 103 Å². The Morgan fingerprint density at radius 1 is 0.351 bits per heavy atom. The van der Waals surface area contributed by atoms with E-state index in [2.05, 4.69) is 0 Å². The average Bonchev–Trinajstić information content (AvgIpc) is 2.69. The van der Waals surface area contributed by atoms with Crippen molar-refractivity contribution < 1.29 is 108 Å². The fourth-order valence-corrected chi connectivity index (χ4v) is 1.81. The first-order chi connectivity index (χ1) is 15.7. The van der Waals surface area contributed by atoms with E-state index in [4.69, 9.17) is 5.11 Å². The zero-order valence-electron chi connectivity index (χ0n) is 15.8. The second-order valence-electron chi connectivity index (χ2n) is 6.39. The van der Waals surface area contributed by atoms with Gasteiger partial charge in [-0.05, 0) is 0 Å². The lowest BCUT2D eigenvalue weighted by Crippen LogP contribution is -2.71. The smallest absolute Gasteiger partial charge is 0.456 e. The molecule has 216 valence electrons. The zero-order chi connectivity index (χ0) is 30.8. The number of carbonyl (C=O) groups is 4. The molecule has 0 aromatic heterocycles. The molecule has 0 amide bonds. The summed E-state index contributed by atoms with van der Waals surface area (Å²) < 4.78 is 248. The van der Waals surface area contributed by atoms with Gasteiger partial charge in [-0.1, -0.05) is 0 Å². The van der Waals surface area contributed by atoms with Crippen molar-refractivity contribution in [1.82, 2.24) is 0 Å². The number of hydrogen-bond acceptors (Lipinski definition) is 4. The van der Waals surface area contributed by atoms with Gasteiger partial charge in [-0.15, -0.1) is 0 Å². The highest BCUT2D eigenvalue weighted by Crippen LogP contribution is 2.56. The van der Waals surface area contributed by atoms with Crippen LogP contribution < -0.4 is 0 Å². The number of rotatable bonds is 11. The van der Waals surface area contributed by atoms with Crippen LogP contribution in [0.25, 0.3) is 0 Å². The topological polar surface area (TPSA) is 88.5 Å². The summed E-state index contributed by atoms with van der Waals surface area (Å²) in [5.74, 6) is -86.0. The number of carbonyl (C=O) groups excluding carboxylic acids is 3. The van der Waals surface area contributed by atoms with Gasteiger partial charge in [0.25, 0.3) is 11.6 Å². The molecule has 0 radical (unpaired) electrons. The number of halogens is 19. The molecular weight excluding hydrogens is 597 g/mol. The van der Waals surface area contributed by atoms with Crippen LogP contribution in [-0.4, -0.2) is 82.0 Å². The van der Waals surface area contributed by atoms with E-state index < -0.39 is 76.9 Å². The van der Waals surface area contributed by atoms with Crippen molar-refractivity contribution in [3.05, 3.63) is 0 Å². The van der Waals surface area contributed by atoms with E-state index in [1.165, 1.54) is 0 Å². The van der Waals surface area contributed by atoms with Crippen LogP contribution in [0.3, 0.4) is 0 Å². The summed E-state index contributed by atoms with van der Waals surface area (Å²) in [5, 5.41) is 7.71. The van der Waals surface area contributed by atoms with Crippen LogP contribution in [0.1, 0.15) is 0 Å². The van der Waals surface area contributed by atoms with Gasteiger partial charge in [0.15, 0.2) is 0 Å². The van der Waals surface area contributed by atoms with E-state index in [1.54, 1.807) is 0 Å². The minimum atomic E-state index is -8.47. The third-order valence-corrected chi connectivity index (χ3v) is 3.92.